The fourth-order valence-electron chi connectivity index (χ4n) is 1.78. The third-order valence-electron chi connectivity index (χ3n) is 3.10. The molecule has 0 aromatic heterocycles. The van der Waals surface area contributed by atoms with Crippen molar-refractivity contribution in [1.82, 2.24) is 15.5 Å². The molecule has 1 rings (SSSR count). The molecular weight excluding hydrogens is 515 g/mol. The highest BCUT2D eigenvalue weighted by atomic mass is 127. The Labute approximate surface area is 180 Å². The van der Waals surface area contributed by atoms with Gasteiger partial charge in [0.25, 0.3) is 0 Å². The summed E-state index contributed by atoms with van der Waals surface area (Å²) in [5.41, 5.74) is 0. The predicted molar refractivity (Wildman–Crippen MR) is 122 cm³/mol. The molecule has 25 heavy (non-hydrogen) atoms. The Morgan fingerprint density at radius 3 is 2.36 bits per heavy atom. The molecule has 0 aliphatic heterocycles. The average molecular weight is 543 g/mol. The van der Waals surface area contributed by atoms with E-state index < -0.39 is 0 Å². The predicted octanol–water partition coefficient (Wildman–Crippen LogP) is 3.58. The SMILES string of the molecule is CCNC(=NCC(=O)N(C)C)NCC(C)(C)Sc1ccc(Br)cc1.I. The topological polar surface area (TPSA) is 56.7 Å². The number of thioether (sulfide) groups is 1. The largest absolute Gasteiger partial charge is 0.357 e. The van der Waals surface area contributed by atoms with Gasteiger partial charge in [-0.1, -0.05) is 15.9 Å². The normalized spacial score (nSPS) is 11.5. The summed E-state index contributed by atoms with van der Waals surface area (Å²) in [6.45, 7) is 8.00. The summed E-state index contributed by atoms with van der Waals surface area (Å²) in [4.78, 5) is 18.8. The third kappa shape index (κ3) is 10.3. The first-order chi connectivity index (χ1) is 11.2. The van der Waals surface area contributed by atoms with Gasteiger partial charge in [-0.25, -0.2) is 4.99 Å². The van der Waals surface area contributed by atoms with E-state index in [1.54, 1.807) is 30.8 Å². The number of aliphatic imine (C=N–C) groups is 1. The van der Waals surface area contributed by atoms with Crippen molar-refractivity contribution in [3.63, 3.8) is 0 Å². The minimum atomic E-state index is -0.0183. The van der Waals surface area contributed by atoms with Crippen LogP contribution in [0.25, 0.3) is 0 Å². The van der Waals surface area contributed by atoms with Crippen LogP contribution in [0.5, 0.6) is 0 Å². The van der Waals surface area contributed by atoms with Crippen LogP contribution in [0.4, 0.5) is 0 Å². The molecule has 0 radical (unpaired) electrons. The Hall–Kier alpha value is -0.480. The Kier molecular flexibility index (Phi) is 11.8. The standard InChI is InChI=1S/C17H27BrN4OS.HI/c1-6-19-16(20-11-15(23)22(4)5)21-12-17(2,3)24-14-9-7-13(18)8-10-14;/h7-10H,6,11-12H2,1-5H3,(H2,19,20,21);1H. The molecule has 0 unspecified atom stereocenters. The maximum absolute atomic E-state index is 11.7. The van der Waals surface area contributed by atoms with Crippen molar-refractivity contribution >= 4 is 63.5 Å². The molecule has 0 aliphatic carbocycles. The number of nitrogens with one attached hydrogen (secondary N) is 2. The fourth-order valence-corrected chi connectivity index (χ4v) is 3.10. The fraction of sp³-hybridized carbons (Fsp3) is 0.529. The average Bonchev–Trinajstić information content (AvgIpc) is 2.51. The second-order valence-corrected chi connectivity index (χ2v) is 8.85. The summed E-state index contributed by atoms with van der Waals surface area (Å²) in [7, 11) is 3.46. The summed E-state index contributed by atoms with van der Waals surface area (Å²) in [6, 6.07) is 8.30. The van der Waals surface area contributed by atoms with E-state index >= 15 is 0 Å². The van der Waals surface area contributed by atoms with Crippen molar-refractivity contribution in [2.24, 2.45) is 4.99 Å². The molecule has 0 saturated heterocycles. The first kappa shape index (κ1) is 24.5. The van der Waals surface area contributed by atoms with E-state index in [1.807, 2.05) is 19.1 Å². The molecule has 0 atom stereocenters. The molecule has 0 spiro atoms. The van der Waals surface area contributed by atoms with Crippen molar-refractivity contribution in [3.05, 3.63) is 28.7 Å². The molecule has 1 aromatic carbocycles. The lowest BCUT2D eigenvalue weighted by Crippen LogP contribution is -2.43. The van der Waals surface area contributed by atoms with Crippen LogP contribution in [0.15, 0.2) is 38.6 Å². The zero-order valence-corrected chi connectivity index (χ0v) is 20.2. The number of rotatable bonds is 7. The van der Waals surface area contributed by atoms with Gasteiger partial charge in [0.05, 0.1) is 0 Å². The van der Waals surface area contributed by atoms with E-state index in [9.17, 15) is 4.79 Å². The summed E-state index contributed by atoms with van der Waals surface area (Å²) in [6.07, 6.45) is 0. The Bertz CT molecular complexity index is 564. The Morgan fingerprint density at radius 2 is 1.84 bits per heavy atom. The molecule has 8 heteroatoms. The van der Waals surface area contributed by atoms with Gasteiger partial charge in [0.2, 0.25) is 5.91 Å². The zero-order valence-electron chi connectivity index (χ0n) is 15.4. The van der Waals surface area contributed by atoms with Crippen molar-refractivity contribution in [1.29, 1.82) is 0 Å². The molecule has 2 N–H and O–H groups in total. The van der Waals surface area contributed by atoms with Gasteiger partial charge in [-0.2, -0.15) is 0 Å². The number of likely N-dealkylation sites (N-methyl/N-ethyl adjacent to an activating group) is 1. The Morgan fingerprint density at radius 1 is 1.24 bits per heavy atom. The Balaban J connectivity index is 0.00000576. The number of nitrogens with zero attached hydrogens (tertiary/aromatic N) is 2. The maximum Gasteiger partial charge on any atom is 0.243 e. The van der Waals surface area contributed by atoms with Crippen molar-refractivity contribution < 1.29 is 4.79 Å². The number of benzene rings is 1. The zero-order chi connectivity index (χ0) is 18.2. The highest BCUT2D eigenvalue weighted by molar-refractivity contribution is 14.0. The van der Waals surface area contributed by atoms with Gasteiger partial charge >= 0.3 is 0 Å². The number of amides is 1. The van der Waals surface area contributed by atoms with Crippen LogP contribution in [0.1, 0.15) is 20.8 Å². The molecule has 1 amide bonds. The van der Waals surface area contributed by atoms with Crippen molar-refractivity contribution in [2.75, 3.05) is 33.7 Å². The summed E-state index contributed by atoms with van der Waals surface area (Å²) < 4.78 is 1.06. The smallest absolute Gasteiger partial charge is 0.243 e. The number of hydrogen-bond acceptors (Lipinski definition) is 3. The van der Waals surface area contributed by atoms with Gasteiger partial charge in [-0.3, -0.25) is 4.79 Å². The minimum Gasteiger partial charge on any atom is -0.357 e. The van der Waals surface area contributed by atoms with Gasteiger partial charge in [-0.05, 0) is 45.0 Å². The molecule has 1 aromatic rings. The second-order valence-electron chi connectivity index (χ2n) is 6.15. The van der Waals surface area contributed by atoms with Gasteiger partial charge < -0.3 is 15.5 Å². The highest BCUT2D eigenvalue weighted by Crippen LogP contribution is 2.32. The highest BCUT2D eigenvalue weighted by Gasteiger charge is 2.20. The molecule has 0 aliphatic rings. The van der Waals surface area contributed by atoms with E-state index in [4.69, 9.17) is 0 Å². The van der Waals surface area contributed by atoms with Gasteiger partial charge in [0.1, 0.15) is 6.54 Å². The second kappa shape index (κ2) is 12.0. The molecule has 142 valence electrons. The van der Waals surface area contributed by atoms with Gasteiger partial charge in [-0.15, -0.1) is 35.7 Å². The van der Waals surface area contributed by atoms with Crippen LogP contribution in [0.2, 0.25) is 0 Å². The monoisotopic (exact) mass is 542 g/mol. The number of hydrogen-bond donors (Lipinski definition) is 2. The third-order valence-corrected chi connectivity index (χ3v) is 4.84. The van der Waals surface area contributed by atoms with E-state index in [2.05, 4.69) is 57.5 Å². The van der Waals surface area contributed by atoms with E-state index in [1.165, 1.54) is 4.90 Å². The van der Waals surface area contributed by atoms with E-state index in [-0.39, 0.29) is 41.2 Å². The molecule has 0 bridgehead atoms. The molecule has 0 fully saturated rings. The van der Waals surface area contributed by atoms with Crippen LogP contribution in [-0.2, 0) is 4.79 Å². The number of halogens is 2. The number of carbonyl (C=O) groups is 1. The number of guanidine groups is 1. The van der Waals surface area contributed by atoms with Crippen molar-refractivity contribution in [3.8, 4) is 0 Å². The van der Waals surface area contributed by atoms with Crippen LogP contribution in [-0.4, -0.2) is 55.2 Å². The quantitative estimate of drug-likeness (QED) is 0.239. The van der Waals surface area contributed by atoms with Crippen LogP contribution in [0, 0.1) is 0 Å². The lowest BCUT2D eigenvalue weighted by Gasteiger charge is -2.25. The van der Waals surface area contributed by atoms with Crippen LogP contribution in [0.3, 0.4) is 0 Å². The molecule has 0 heterocycles. The van der Waals surface area contributed by atoms with Gasteiger partial charge in [0.15, 0.2) is 5.96 Å². The first-order valence-corrected chi connectivity index (χ1v) is 9.51. The summed E-state index contributed by atoms with van der Waals surface area (Å²) in [5.74, 6) is 0.646. The van der Waals surface area contributed by atoms with E-state index in [0.717, 1.165) is 17.6 Å². The summed E-state index contributed by atoms with van der Waals surface area (Å²) >= 11 is 5.26. The molecule has 0 saturated carbocycles. The first-order valence-electron chi connectivity index (χ1n) is 7.90. The lowest BCUT2D eigenvalue weighted by atomic mass is 10.2. The number of carbonyl (C=O) groups excluding carboxylic acids is 1. The van der Waals surface area contributed by atoms with Crippen LogP contribution >= 0.6 is 51.7 Å². The van der Waals surface area contributed by atoms with E-state index in [0.29, 0.717) is 5.96 Å². The maximum atomic E-state index is 11.7. The molecule has 5 nitrogen and oxygen atoms in total. The van der Waals surface area contributed by atoms with Gasteiger partial charge in [0, 0.05) is 41.3 Å². The minimum absolute atomic E-state index is 0. The molecular formula is C17H28BrIN4OS. The van der Waals surface area contributed by atoms with Crippen molar-refractivity contribution in [2.45, 2.75) is 30.4 Å². The van der Waals surface area contributed by atoms with Crippen LogP contribution < -0.4 is 10.6 Å². The lowest BCUT2D eigenvalue weighted by molar-refractivity contribution is -0.127. The summed E-state index contributed by atoms with van der Waals surface area (Å²) in [5, 5.41) is 6.50.